The number of hydrogen-bond acceptors (Lipinski definition) is 8. The summed E-state index contributed by atoms with van der Waals surface area (Å²) in [7, 11) is 7.70. The molecular weight excluding hydrogens is 583 g/mol. The van der Waals surface area contributed by atoms with Crippen LogP contribution in [0.25, 0.3) is 50.3 Å². The normalized spacial score (nSPS) is 13.6. The summed E-state index contributed by atoms with van der Waals surface area (Å²) < 4.78 is 14.7. The molecule has 0 radical (unpaired) electrons. The molecule has 0 spiro atoms. The third-order valence-corrected chi connectivity index (χ3v) is 7.53. The van der Waals surface area contributed by atoms with Crippen molar-refractivity contribution in [1.82, 2.24) is 45.2 Å². The zero-order valence-corrected chi connectivity index (χ0v) is 26.6. The smallest absolute Gasteiger partial charge is 0.238 e. The molecule has 1 aromatic carbocycles. The van der Waals surface area contributed by atoms with Crippen LogP contribution in [0.5, 0.6) is 0 Å². The summed E-state index contributed by atoms with van der Waals surface area (Å²) in [5.41, 5.74) is 8.08. The van der Waals surface area contributed by atoms with Gasteiger partial charge >= 0.3 is 0 Å². The fourth-order valence-electron chi connectivity index (χ4n) is 5.37. The highest BCUT2D eigenvalue weighted by molar-refractivity contribution is 5.97. The van der Waals surface area contributed by atoms with Crippen LogP contribution in [0.1, 0.15) is 19.0 Å². The summed E-state index contributed by atoms with van der Waals surface area (Å²) in [6.07, 6.45) is 10.2. The minimum atomic E-state index is -0.356. The lowest BCUT2D eigenvalue weighted by atomic mass is 10.1. The van der Waals surface area contributed by atoms with Gasteiger partial charge in [0.2, 0.25) is 5.91 Å². The van der Waals surface area contributed by atoms with Crippen LogP contribution in [0, 0.1) is 5.82 Å². The summed E-state index contributed by atoms with van der Waals surface area (Å²) >= 11 is 0. The average molecular weight is 621 g/mol. The van der Waals surface area contributed by atoms with Crippen LogP contribution in [-0.4, -0.2) is 93.7 Å². The van der Waals surface area contributed by atoms with Gasteiger partial charge in [-0.05, 0) is 89.6 Å². The van der Waals surface area contributed by atoms with E-state index < -0.39 is 0 Å². The predicted molar refractivity (Wildman–Crippen MR) is 180 cm³/mol. The minimum absolute atomic E-state index is 0.0871. The quantitative estimate of drug-likeness (QED) is 0.172. The van der Waals surface area contributed by atoms with Gasteiger partial charge in [0.1, 0.15) is 17.0 Å². The summed E-state index contributed by atoms with van der Waals surface area (Å²) in [6, 6.07) is 8.65. The molecule has 6 rings (SSSR count). The number of halogens is 1. The van der Waals surface area contributed by atoms with Gasteiger partial charge in [0, 0.05) is 41.6 Å². The lowest BCUT2D eigenvalue weighted by molar-refractivity contribution is -0.120. The molecule has 1 amide bonds. The number of rotatable bonds is 10. The van der Waals surface area contributed by atoms with Gasteiger partial charge in [-0.3, -0.25) is 19.9 Å². The second-order valence-corrected chi connectivity index (χ2v) is 12.0. The molecule has 0 fully saturated rings. The van der Waals surface area contributed by atoms with Gasteiger partial charge < -0.3 is 25.4 Å². The van der Waals surface area contributed by atoms with Crippen molar-refractivity contribution in [2.45, 2.75) is 13.3 Å². The molecule has 4 aromatic heterocycles. The first-order valence-electron chi connectivity index (χ1n) is 15.1. The Labute approximate surface area is 266 Å². The number of benzene rings is 1. The van der Waals surface area contributed by atoms with Gasteiger partial charge in [0.15, 0.2) is 5.82 Å². The number of carbonyl (C=O) groups is 1. The highest BCUT2D eigenvalue weighted by atomic mass is 19.1. The number of aromatic amines is 2. The zero-order valence-electron chi connectivity index (χ0n) is 26.6. The Balaban J connectivity index is 1.34. The molecule has 236 valence electrons. The maximum Gasteiger partial charge on any atom is 0.238 e. The van der Waals surface area contributed by atoms with Gasteiger partial charge in [-0.2, -0.15) is 5.10 Å². The molecule has 5 aromatic rings. The van der Waals surface area contributed by atoms with E-state index in [1.165, 1.54) is 12.1 Å². The molecule has 1 aliphatic rings. The fourth-order valence-corrected chi connectivity index (χ4v) is 5.37. The van der Waals surface area contributed by atoms with Gasteiger partial charge in [-0.15, -0.1) is 0 Å². The van der Waals surface area contributed by atoms with Gasteiger partial charge in [0.25, 0.3) is 0 Å². The molecule has 4 heterocycles. The first kappa shape index (κ1) is 30.8. The van der Waals surface area contributed by atoms with E-state index in [-0.39, 0.29) is 18.3 Å². The number of hydrogen-bond donors (Lipinski definition) is 4. The first-order chi connectivity index (χ1) is 22.1. The Morgan fingerprint density at radius 2 is 1.87 bits per heavy atom. The number of likely N-dealkylation sites (N-methyl/N-ethyl adjacent to an activating group) is 2. The van der Waals surface area contributed by atoms with Crippen molar-refractivity contribution in [3.63, 3.8) is 0 Å². The van der Waals surface area contributed by atoms with Crippen LogP contribution >= 0.6 is 0 Å². The monoisotopic (exact) mass is 620 g/mol. The highest BCUT2D eigenvalue weighted by Crippen LogP contribution is 2.33. The second-order valence-electron chi connectivity index (χ2n) is 12.0. The number of fused-ring (bicyclic) bond motifs is 2. The number of H-pyrrole nitrogens is 2. The highest BCUT2D eigenvalue weighted by Gasteiger charge is 2.18. The molecule has 0 saturated heterocycles. The van der Waals surface area contributed by atoms with Gasteiger partial charge in [0.05, 0.1) is 35.2 Å². The maximum absolute atomic E-state index is 14.7. The van der Waals surface area contributed by atoms with Crippen LogP contribution in [0.3, 0.4) is 0 Å². The number of imidazole rings is 1. The van der Waals surface area contributed by atoms with Crippen molar-refractivity contribution in [2.75, 3.05) is 53.1 Å². The molecule has 4 N–H and O–H groups in total. The van der Waals surface area contributed by atoms with Crippen LogP contribution in [0.4, 0.5) is 10.1 Å². The zero-order chi connectivity index (χ0) is 32.4. The number of pyridine rings is 2. The molecule has 0 aliphatic heterocycles. The van der Waals surface area contributed by atoms with Crippen LogP contribution in [-0.2, 0) is 4.79 Å². The number of nitrogens with one attached hydrogen (secondary N) is 4. The standard InChI is InChI=1S/C34H37FN10O/c1-20-6-7-21(14-25(12-20)39-30(46)19-45(4)5)28-17-26-29(18-38-28)42-43-32(26)34-40-27-8-9-37-31(33(27)41-34)22-13-23(35)16-24(15-22)36-10-11-44(2)3/h7-9,12-18,36H,6,10-11,19H2,1-5H3,(H,39,46)(H,40,41)(H,42,43). The van der Waals surface area contributed by atoms with E-state index in [2.05, 4.69) is 41.8 Å². The Morgan fingerprint density at radius 3 is 2.67 bits per heavy atom. The Kier molecular flexibility index (Phi) is 8.73. The third-order valence-electron chi connectivity index (χ3n) is 7.53. The lowest BCUT2D eigenvalue weighted by Crippen LogP contribution is -2.32. The lowest BCUT2D eigenvalue weighted by Gasteiger charge is -2.12. The summed E-state index contributed by atoms with van der Waals surface area (Å²) in [5.74, 6) is 0.106. The molecule has 11 nitrogen and oxygen atoms in total. The Morgan fingerprint density at radius 1 is 1.02 bits per heavy atom. The number of anilines is 1. The summed E-state index contributed by atoms with van der Waals surface area (Å²) in [4.78, 5) is 34.0. The van der Waals surface area contributed by atoms with E-state index in [9.17, 15) is 9.18 Å². The molecule has 12 heteroatoms. The molecule has 46 heavy (non-hydrogen) atoms. The minimum Gasteiger partial charge on any atom is -0.384 e. The Bertz CT molecular complexity index is 2020. The largest absolute Gasteiger partial charge is 0.384 e. The molecule has 0 atom stereocenters. The molecule has 1 aliphatic carbocycles. The van der Waals surface area contributed by atoms with Crippen molar-refractivity contribution in [1.29, 1.82) is 0 Å². The maximum atomic E-state index is 14.7. The fraction of sp³-hybridized carbons (Fsp3) is 0.265. The van der Waals surface area contributed by atoms with Crippen LogP contribution in [0.2, 0.25) is 0 Å². The first-order valence-corrected chi connectivity index (χ1v) is 15.1. The van der Waals surface area contributed by atoms with E-state index in [0.29, 0.717) is 46.2 Å². The second kappa shape index (κ2) is 13.0. The summed E-state index contributed by atoms with van der Waals surface area (Å²) in [6.45, 7) is 3.82. The van der Waals surface area contributed by atoms with Crippen molar-refractivity contribution < 1.29 is 9.18 Å². The molecule has 0 bridgehead atoms. The van der Waals surface area contributed by atoms with E-state index in [0.717, 1.165) is 46.2 Å². The molecule has 0 saturated carbocycles. The van der Waals surface area contributed by atoms with Crippen molar-refractivity contribution in [3.8, 4) is 22.8 Å². The number of nitrogens with zero attached hydrogens (tertiary/aromatic N) is 6. The number of allylic oxidation sites excluding steroid dienone is 5. The van der Waals surface area contributed by atoms with Crippen LogP contribution < -0.4 is 10.6 Å². The predicted octanol–water partition coefficient (Wildman–Crippen LogP) is 4.97. The number of carbonyl (C=O) groups excluding carboxylic acids is 1. The van der Waals surface area contributed by atoms with Crippen molar-refractivity contribution >= 4 is 39.1 Å². The van der Waals surface area contributed by atoms with E-state index >= 15 is 0 Å². The number of amides is 1. The van der Waals surface area contributed by atoms with E-state index in [1.807, 2.05) is 70.4 Å². The average Bonchev–Trinajstić information content (AvgIpc) is 3.57. The molecule has 0 unspecified atom stereocenters. The SMILES string of the molecule is CC1=CC(NC(=O)CN(C)C)=CC(c2cc3c(-c4nc5c(-c6cc(F)cc(NCCN(C)C)c6)nccc5[nH]4)n[nH]c3cn2)=CC1. The van der Waals surface area contributed by atoms with E-state index in [1.54, 1.807) is 12.4 Å². The molecular formula is C34H37FN10O. The number of aromatic nitrogens is 6. The topological polar surface area (TPSA) is 131 Å². The Hall–Kier alpha value is -5.20. The van der Waals surface area contributed by atoms with E-state index in [4.69, 9.17) is 9.97 Å². The van der Waals surface area contributed by atoms with Gasteiger partial charge in [-0.1, -0.05) is 11.6 Å². The van der Waals surface area contributed by atoms with Gasteiger partial charge in [-0.25, -0.2) is 9.37 Å². The third kappa shape index (κ3) is 6.87. The van der Waals surface area contributed by atoms with Crippen LogP contribution in [0.15, 0.2) is 72.2 Å². The van der Waals surface area contributed by atoms with Crippen molar-refractivity contribution in [2.24, 2.45) is 0 Å². The summed E-state index contributed by atoms with van der Waals surface area (Å²) in [5, 5.41) is 14.8. The van der Waals surface area contributed by atoms with Crippen molar-refractivity contribution in [3.05, 3.63) is 83.7 Å².